The van der Waals surface area contributed by atoms with Crippen molar-refractivity contribution in [3.8, 4) is 0 Å². The predicted octanol–water partition coefficient (Wildman–Crippen LogP) is 1.46. The van der Waals surface area contributed by atoms with Crippen LogP contribution in [0.2, 0.25) is 0 Å². The van der Waals surface area contributed by atoms with Gasteiger partial charge in [0.15, 0.2) is 0 Å². The van der Waals surface area contributed by atoms with Crippen molar-refractivity contribution in [1.82, 2.24) is 19.7 Å². The summed E-state index contributed by atoms with van der Waals surface area (Å²) >= 11 is 7.25. The lowest BCUT2D eigenvalue weighted by atomic mass is 10.3. The fourth-order valence-corrected chi connectivity index (χ4v) is 3.71. The van der Waals surface area contributed by atoms with Crippen molar-refractivity contribution < 1.29 is 4.74 Å². The highest BCUT2D eigenvalue weighted by molar-refractivity contribution is 8.22. The second kappa shape index (κ2) is 8.21. The Morgan fingerprint density at radius 2 is 2.00 bits per heavy atom. The zero-order chi connectivity index (χ0) is 15.2. The van der Waals surface area contributed by atoms with Crippen LogP contribution < -0.4 is 0 Å². The molecule has 1 aromatic rings. The van der Waals surface area contributed by atoms with Gasteiger partial charge in [0.1, 0.15) is 4.32 Å². The van der Waals surface area contributed by atoms with E-state index in [0.29, 0.717) is 0 Å². The number of aromatic nitrogens is 1. The van der Waals surface area contributed by atoms with Gasteiger partial charge in [-0.15, -0.1) is 0 Å². The normalized spacial score (nSPS) is 21.3. The molecule has 0 aliphatic carbocycles. The Morgan fingerprint density at radius 1 is 1.18 bits per heavy atom. The monoisotopic (exact) mass is 338 g/mol. The first-order valence-corrected chi connectivity index (χ1v) is 9.05. The van der Waals surface area contributed by atoms with E-state index in [2.05, 4.69) is 25.8 Å². The van der Waals surface area contributed by atoms with E-state index in [1.165, 1.54) is 0 Å². The van der Waals surface area contributed by atoms with Gasteiger partial charge in [-0.05, 0) is 12.1 Å². The van der Waals surface area contributed by atoms with Crippen LogP contribution in [-0.2, 0) is 11.3 Å². The lowest BCUT2D eigenvalue weighted by Crippen LogP contribution is -2.48. The molecule has 1 aromatic heterocycles. The minimum atomic E-state index is 0.792. The number of thiocarbonyl (C=S) groups is 1. The number of thioether (sulfide) groups is 1. The Hall–Kier alpha value is -0.730. The smallest absolute Gasteiger partial charge is 0.139 e. The van der Waals surface area contributed by atoms with E-state index in [4.69, 9.17) is 17.0 Å². The van der Waals surface area contributed by atoms with Crippen LogP contribution >= 0.6 is 24.0 Å². The Bertz CT molecular complexity index is 482. The molecule has 2 aliphatic rings. The van der Waals surface area contributed by atoms with Crippen LogP contribution in [0.1, 0.15) is 5.69 Å². The maximum atomic E-state index is 5.50. The number of nitrogens with zero attached hydrogens (tertiary/aromatic N) is 4. The maximum absolute atomic E-state index is 5.50. The van der Waals surface area contributed by atoms with Crippen molar-refractivity contribution in [3.05, 3.63) is 30.1 Å². The van der Waals surface area contributed by atoms with Crippen LogP contribution in [0.4, 0.5) is 0 Å². The van der Waals surface area contributed by atoms with Crippen molar-refractivity contribution in [2.45, 2.75) is 6.54 Å². The van der Waals surface area contributed by atoms with Crippen LogP contribution in [0.5, 0.6) is 0 Å². The van der Waals surface area contributed by atoms with E-state index in [-0.39, 0.29) is 0 Å². The van der Waals surface area contributed by atoms with Crippen molar-refractivity contribution in [1.29, 1.82) is 0 Å². The Kier molecular flexibility index (Phi) is 6.03. The summed E-state index contributed by atoms with van der Waals surface area (Å²) in [6, 6.07) is 6.03. The number of morpholine rings is 1. The molecule has 7 heteroatoms. The second-order valence-corrected chi connectivity index (χ2v) is 7.13. The molecule has 0 bridgehead atoms. The molecule has 3 heterocycles. The molecule has 0 unspecified atom stereocenters. The van der Waals surface area contributed by atoms with Crippen LogP contribution in [0.15, 0.2) is 24.4 Å². The minimum absolute atomic E-state index is 0.792. The molecular formula is C15H22N4OS2. The Labute approximate surface area is 141 Å². The number of ether oxygens (including phenoxy) is 1. The molecule has 0 amide bonds. The molecule has 0 radical (unpaired) electrons. The molecule has 2 fully saturated rings. The standard InChI is InChI=1S/C15H22N4OS2/c21-15-19(11-14-3-1-2-4-16-14)12-18(13-22-15)6-5-17-7-9-20-10-8-17/h1-4H,5-13H2. The van der Waals surface area contributed by atoms with Crippen molar-refractivity contribution >= 4 is 28.3 Å². The van der Waals surface area contributed by atoms with Gasteiger partial charge in [-0.2, -0.15) is 0 Å². The van der Waals surface area contributed by atoms with Gasteiger partial charge in [-0.3, -0.25) is 14.8 Å². The summed E-state index contributed by atoms with van der Waals surface area (Å²) in [5.74, 6) is 0.988. The molecule has 2 aliphatic heterocycles. The third-order valence-corrected chi connectivity index (χ3v) is 5.53. The van der Waals surface area contributed by atoms with Gasteiger partial charge in [0.2, 0.25) is 0 Å². The Balaban J connectivity index is 1.48. The average Bonchev–Trinajstić information content (AvgIpc) is 2.57. The third-order valence-electron chi connectivity index (χ3n) is 3.91. The molecule has 0 spiro atoms. The fourth-order valence-electron chi connectivity index (χ4n) is 2.62. The summed E-state index contributed by atoms with van der Waals surface area (Å²) in [6.45, 7) is 7.71. The van der Waals surface area contributed by atoms with Gasteiger partial charge in [0.25, 0.3) is 0 Å². The number of rotatable bonds is 5. The molecule has 0 aromatic carbocycles. The quantitative estimate of drug-likeness (QED) is 0.752. The van der Waals surface area contributed by atoms with E-state index >= 15 is 0 Å². The van der Waals surface area contributed by atoms with E-state index in [1.807, 2.05) is 18.3 Å². The van der Waals surface area contributed by atoms with E-state index in [1.54, 1.807) is 11.8 Å². The lowest BCUT2D eigenvalue weighted by molar-refractivity contribution is 0.0324. The Morgan fingerprint density at radius 3 is 2.77 bits per heavy atom. The molecule has 0 N–H and O–H groups in total. The summed E-state index contributed by atoms with van der Waals surface area (Å²) in [7, 11) is 0. The number of hydrogen-bond acceptors (Lipinski definition) is 6. The SMILES string of the molecule is S=C1SCN(CCN2CCOCC2)CN1Cc1ccccn1. The van der Waals surface area contributed by atoms with Crippen LogP contribution in [0.3, 0.4) is 0 Å². The summed E-state index contributed by atoms with van der Waals surface area (Å²) in [5.41, 5.74) is 1.07. The second-order valence-electron chi connectivity index (χ2n) is 5.55. The zero-order valence-electron chi connectivity index (χ0n) is 12.7. The molecule has 5 nitrogen and oxygen atoms in total. The first kappa shape index (κ1) is 16.1. The van der Waals surface area contributed by atoms with Gasteiger partial charge in [0, 0.05) is 32.4 Å². The van der Waals surface area contributed by atoms with Gasteiger partial charge < -0.3 is 9.64 Å². The molecule has 120 valence electrons. The number of hydrogen-bond donors (Lipinski definition) is 0. The molecule has 0 atom stereocenters. The predicted molar refractivity (Wildman–Crippen MR) is 93.7 cm³/mol. The van der Waals surface area contributed by atoms with Gasteiger partial charge in [0.05, 0.1) is 38.0 Å². The van der Waals surface area contributed by atoms with Crippen LogP contribution in [-0.4, -0.2) is 75.9 Å². The molecule has 3 rings (SSSR count). The van der Waals surface area contributed by atoms with E-state index in [0.717, 1.165) is 68.5 Å². The lowest BCUT2D eigenvalue weighted by Gasteiger charge is -2.37. The zero-order valence-corrected chi connectivity index (χ0v) is 14.3. The summed E-state index contributed by atoms with van der Waals surface area (Å²) < 4.78 is 6.38. The molecule has 2 saturated heterocycles. The highest BCUT2D eigenvalue weighted by Gasteiger charge is 2.22. The van der Waals surface area contributed by atoms with Gasteiger partial charge >= 0.3 is 0 Å². The summed E-state index contributed by atoms with van der Waals surface area (Å²) in [6.07, 6.45) is 1.84. The van der Waals surface area contributed by atoms with Gasteiger partial charge in [-0.1, -0.05) is 30.0 Å². The average molecular weight is 339 g/mol. The van der Waals surface area contributed by atoms with Crippen molar-refractivity contribution in [2.24, 2.45) is 0 Å². The van der Waals surface area contributed by atoms with Crippen molar-refractivity contribution in [3.63, 3.8) is 0 Å². The van der Waals surface area contributed by atoms with E-state index in [9.17, 15) is 0 Å². The molecular weight excluding hydrogens is 316 g/mol. The highest BCUT2D eigenvalue weighted by Crippen LogP contribution is 2.20. The fraction of sp³-hybridized carbons (Fsp3) is 0.600. The molecule has 22 heavy (non-hydrogen) atoms. The topological polar surface area (TPSA) is 31.8 Å². The largest absolute Gasteiger partial charge is 0.379 e. The minimum Gasteiger partial charge on any atom is -0.379 e. The van der Waals surface area contributed by atoms with E-state index < -0.39 is 0 Å². The maximum Gasteiger partial charge on any atom is 0.139 e. The van der Waals surface area contributed by atoms with Crippen molar-refractivity contribution in [2.75, 3.05) is 51.9 Å². The van der Waals surface area contributed by atoms with Crippen LogP contribution in [0.25, 0.3) is 0 Å². The molecule has 0 saturated carbocycles. The first-order valence-electron chi connectivity index (χ1n) is 7.65. The summed E-state index contributed by atoms with van der Waals surface area (Å²) in [5, 5.41) is 0. The number of pyridine rings is 1. The first-order chi connectivity index (χ1) is 10.8. The van der Waals surface area contributed by atoms with Gasteiger partial charge in [-0.25, -0.2) is 0 Å². The highest BCUT2D eigenvalue weighted by atomic mass is 32.2. The van der Waals surface area contributed by atoms with Crippen LogP contribution in [0, 0.1) is 0 Å². The summed E-state index contributed by atoms with van der Waals surface area (Å²) in [4.78, 5) is 11.6. The third kappa shape index (κ3) is 4.63.